The molecule has 13 rings (SSSR count). The number of rotatable bonds is 4. The molecule has 0 amide bonds. The van der Waals surface area contributed by atoms with E-state index in [4.69, 9.17) is 19.4 Å². The molecule has 0 unspecified atom stereocenters. The number of furan rings is 1. The quantitative estimate of drug-likeness (QED) is 0.179. The van der Waals surface area contributed by atoms with Crippen molar-refractivity contribution in [2.24, 2.45) is 0 Å². The molecule has 0 saturated heterocycles. The standard InChI is InChI=1S/C53H30N4OS/c1-2-14-32(15-3-1)51-54-52(39-22-12-21-37-36-19-8-10-23-45(36)58-49(37)39)56-53(55-51)40-26-28-43(48-38-20-9-11-24-46(38)59-50(40)48)57-42-27-25-31-13-6-7-18-35(31)47(42)41-29-33-16-4-5-17-34(33)30-44(41)57/h1-30H. The van der Waals surface area contributed by atoms with Gasteiger partial charge in [0.25, 0.3) is 0 Å². The Hall–Kier alpha value is -7.67. The SMILES string of the molecule is c1ccc(-c2nc(-c3cccc4c3oc3ccccc34)nc(-c3ccc(-n4c5cc6ccccc6cc5c5c6ccccc6ccc54)c4c3sc3ccccc34)n2)cc1. The number of aromatic nitrogens is 4. The summed E-state index contributed by atoms with van der Waals surface area (Å²) in [6.07, 6.45) is 0. The minimum absolute atomic E-state index is 0.568. The van der Waals surface area contributed by atoms with Gasteiger partial charge in [-0.15, -0.1) is 11.3 Å². The fraction of sp³-hybridized carbons (Fsp3) is 0. The second-order valence-corrected chi connectivity index (χ2v) is 16.2. The van der Waals surface area contributed by atoms with Crippen LogP contribution in [0.25, 0.3) is 125 Å². The first-order chi connectivity index (χ1) is 29.2. The van der Waals surface area contributed by atoms with Gasteiger partial charge in [-0.05, 0) is 70.1 Å². The van der Waals surface area contributed by atoms with Gasteiger partial charge >= 0.3 is 0 Å². The van der Waals surface area contributed by atoms with Crippen LogP contribution in [0.2, 0.25) is 0 Å². The van der Waals surface area contributed by atoms with E-state index in [0.29, 0.717) is 17.5 Å². The van der Waals surface area contributed by atoms with Crippen LogP contribution in [-0.4, -0.2) is 19.5 Å². The van der Waals surface area contributed by atoms with Gasteiger partial charge in [-0.25, -0.2) is 15.0 Å². The molecule has 6 heteroatoms. The molecule has 0 N–H and O–H groups in total. The second kappa shape index (κ2) is 12.4. The predicted molar refractivity (Wildman–Crippen MR) is 246 cm³/mol. The molecular formula is C53H30N4OS. The van der Waals surface area contributed by atoms with E-state index < -0.39 is 0 Å². The molecule has 0 aliphatic heterocycles. The molecule has 0 radical (unpaired) electrons. The Bertz CT molecular complexity index is 3860. The summed E-state index contributed by atoms with van der Waals surface area (Å²) in [5.41, 5.74) is 7.77. The first-order valence-corrected chi connectivity index (χ1v) is 20.6. The van der Waals surface area contributed by atoms with Crippen molar-refractivity contribution in [2.45, 2.75) is 0 Å². The lowest BCUT2D eigenvalue weighted by atomic mass is 10.0. The maximum atomic E-state index is 6.52. The van der Waals surface area contributed by atoms with Gasteiger partial charge in [-0.2, -0.15) is 0 Å². The molecule has 59 heavy (non-hydrogen) atoms. The summed E-state index contributed by atoms with van der Waals surface area (Å²) in [5, 5.41) is 11.9. The van der Waals surface area contributed by atoms with E-state index in [1.54, 1.807) is 11.3 Å². The summed E-state index contributed by atoms with van der Waals surface area (Å²) >= 11 is 1.79. The van der Waals surface area contributed by atoms with Crippen LogP contribution in [0.4, 0.5) is 0 Å². The van der Waals surface area contributed by atoms with Gasteiger partial charge in [0.05, 0.1) is 22.3 Å². The number of fused-ring (bicyclic) bond motifs is 12. The molecule has 0 aliphatic carbocycles. The molecule has 0 fully saturated rings. The number of thiophene rings is 1. The Balaban J connectivity index is 1.12. The molecule has 0 aliphatic rings. The highest BCUT2D eigenvalue weighted by atomic mass is 32.1. The molecule has 0 spiro atoms. The number of nitrogens with zero attached hydrogens (tertiary/aromatic N) is 4. The highest BCUT2D eigenvalue weighted by Crippen LogP contribution is 2.46. The Morgan fingerprint density at radius 2 is 1.10 bits per heavy atom. The van der Waals surface area contributed by atoms with Crippen molar-refractivity contribution in [2.75, 3.05) is 0 Å². The fourth-order valence-electron chi connectivity index (χ4n) is 9.16. The zero-order valence-corrected chi connectivity index (χ0v) is 32.2. The van der Waals surface area contributed by atoms with Gasteiger partial charge in [-0.1, -0.05) is 133 Å². The van der Waals surface area contributed by atoms with E-state index in [9.17, 15) is 0 Å². The van der Waals surface area contributed by atoms with Crippen LogP contribution in [-0.2, 0) is 0 Å². The van der Waals surface area contributed by atoms with Gasteiger partial charge in [0.1, 0.15) is 11.2 Å². The van der Waals surface area contributed by atoms with E-state index in [2.05, 4.69) is 144 Å². The Labute approximate surface area is 341 Å². The molecule has 4 heterocycles. The third-order valence-corrected chi connectivity index (χ3v) is 13.0. The van der Waals surface area contributed by atoms with E-state index in [0.717, 1.165) is 49.0 Å². The van der Waals surface area contributed by atoms with Crippen molar-refractivity contribution >= 4 is 96.8 Å². The molecule has 0 bridgehead atoms. The van der Waals surface area contributed by atoms with Crippen molar-refractivity contribution in [1.29, 1.82) is 0 Å². The summed E-state index contributed by atoms with van der Waals surface area (Å²) in [6, 6.07) is 64.4. The largest absolute Gasteiger partial charge is 0.455 e. The van der Waals surface area contributed by atoms with Gasteiger partial charge < -0.3 is 8.98 Å². The van der Waals surface area contributed by atoms with Crippen molar-refractivity contribution in [1.82, 2.24) is 19.5 Å². The maximum Gasteiger partial charge on any atom is 0.167 e. The Morgan fingerprint density at radius 3 is 1.97 bits per heavy atom. The normalized spacial score (nSPS) is 12.1. The molecule has 0 atom stereocenters. The average molecular weight is 771 g/mol. The molecule has 5 nitrogen and oxygen atoms in total. The zero-order valence-electron chi connectivity index (χ0n) is 31.4. The van der Waals surface area contributed by atoms with Crippen molar-refractivity contribution in [3.05, 3.63) is 182 Å². The lowest BCUT2D eigenvalue weighted by molar-refractivity contribution is 0.669. The topological polar surface area (TPSA) is 56.7 Å². The number of para-hydroxylation sites is 2. The first kappa shape index (κ1) is 32.4. The third kappa shape index (κ3) is 4.81. The van der Waals surface area contributed by atoms with Crippen LogP contribution in [0, 0.1) is 0 Å². The monoisotopic (exact) mass is 770 g/mol. The van der Waals surface area contributed by atoms with Crippen molar-refractivity contribution in [3.63, 3.8) is 0 Å². The lowest BCUT2D eigenvalue weighted by Gasteiger charge is -2.14. The number of hydrogen-bond donors (Lipinski definition) is 0. The van der Waals surface area contributed by atoms with Crippen LogP contribution in [0.1, 0.15) is 0 Å². The maximum absolute atomic E-state index is 6.52. The summed E-state index contributed by atoms with van der Waals surface area (Å²) < 4.78 is 11.3. The Kier molecular flexibility index (Phi) is 6.82. The fourth-order valence-corrected chi connectivity index (χ4v) is 10.4. The summed E-state index contributed by atoms with van der Waals surface area (Å²) in [4.78, 5) is 15.7. The average Bonchev–Trinajstić information content (AvgIpc) is 3.98. The molecule has 9 aromatic carbocycles. The molecule has 274 valence electrons. The van der Waals surface area contributed by atoms with E-state index in [-0.39, 0.29) is 0 Å². The highest BCUT2D eigenvalue weighted by Gasteiger charge is 2.24. The van der Waals surface area contributed by atoms with Gasteiger partial charge in [0.2, 0.25) is 0 Å². The van der Waals surface area contributed by atoms with E-state index >= 15 is 0 Å². The number of benzene rings is 9. The van der Waals surface area contributed by atoms with Crippen molar-refractivity contribution in [3.8, 4) is 39.9 Å². The second-order valence-electron chi connectivity index (χ2n) is 15.1. The van der Waals surface area contributed by atoms with Gasteiger partial charge in [0.15, 0.2) is 17.5 Å². The molecule has 13 aromatic rings. The van der Waals surface area contributed by atoms with Gasteiger partial charge in [0, 0.05) is 52.8 Å². The van der Waals surface area contributed by atoms with Crippen molar-refractivity contribution < 1.29 is 4.42 Å². The molecular weight excluding hydrogens is 741 g/mol. The number of hydrogen-bond acceptors (Lipinski definition) is 5. The zero-order chi connectivity index (χ0) is 38.6. The first-order valence-electron chi connectivity index (χ1n) is 19.8. The van der Waals surface area contributed by atoms with Gasteiger partial charge in [-0.3, -0.25) is 0 Å². The smallest absolute Gasteiger partial charge is 0.167 e. The van der Waals surface area contributed by atoms with E-state index in [1.165, 1.54) is 58.8 Å². The lowest BCUT2D eigenvalue weighted by Crippen LogP contribution is -2.01. The van der Waals surface area contributed by atoms with Crippen LogP contribution >= 0.6 is 11.3 Å². The predicted octanol–water partition coefficient (Wildman–Crippen LogP) is 14.5. The third-order valence-electron chi connectivity index (χ3n) is 11.8. The van der Waals surface area contributed by atoms with Crippen LogP contribution in [0.15, 0.2) is 186 Å². The molecule has 4 aromatic heterocycles. The summed E-state index contributed by atoms with van der Waals surface area (Å²) in [6.45, 7) is 0. The summed E-state index contributed by atoms with van der Waals surface area (Å²) in [5.74, 6) is 1.79. The van der Waals surface area contributed by atoms with E-state index in [1.807, 2.05) is 42.5 Å². The Morgan fingerprint density at radius 1 is 0.424 bits per heavy atom. The summed E-state index contributed by atoms with van der Waals surface area (Å²) in [7, 11) is 0. The minimum Gasteiger partial charge on any atom is -0.455 e. The van der Waals surface area contributed by atoms with Crippen LogP contribution in [0.3, 0.4) is 0 Å². The van der Waals surface area contributed by atoms with Crippen LogP contribution in [0.5, 0.6) is 0 Å². The van der Waals surface area contributed by atoms with Crippen LogP contribution < -0.4 is 0 Å². The highest BCUT2D eigenvalue weighted by molar-refractivity contribution is 7.26. The minimum atomic E-state index is 0.568. The molecule has 0 saturated carbocycles.